The van der Waals surface area contributed by atoms with Gasteiger partial charge in [0.2, 0.25) is 11.8 Å². The quantitative estimate of drug-likeness (QED) is 0.728. The number of rotatable bonds is 7. The maximum atomic E-state index is 13.1. The molecule has 2 unspecified atom stereocenters. The third-order valence-electron chi connectivity index (χ3n) is 4.08. The van der Waals surface area contributed by atoms with Crippen LogP contribution in [0, 0.1) is 6.92 Å². The summed E-state index contributed by atoms with van der Waals surface area (Å²) in [5.41, 5.74) is 1.05. The maximum absolute atomic E-state index is 13.1. The summed E-state index contributed by atoms with van der Waals surface area (Å²) in [7, 11) is 0. The molecule has 1 aromatic carbocycles. The lowest BCUT2D eigenvalue weighted by atomic mass is 10.0. The summed E-state index contributed by atoms with van der Waals surface area (Å²) < 4.78 is 5.23. The molecule has 0 heterocycles. The molecule has 29 heavy (non-hydrogen) atoms. The first-order chi connectivity index (χ1) is 13.4. The van der Waals surface area contributed by atoms with Gasteiger partial charge in [0.25, 0.3) is 0 Å². The van der Waals surface area contributed by atoms with E-state index in [4.69, 9.17) is 4.74 Å². The molecule has 7 nitrogen and oxygen atoms in total. The van der Waals surface area contributed by atoms with Crippen LogP contribution >= 0.6 is 0 Å². The molecule has 2 atom stereocenters. The van der Waals surface area contributed by atoms with E-state index in [0.717, 1.165) is 11.1 Å². The summed E-state index contributed by atoms with van der Waals surface area (Å²) in [5.74, 6) is -0.617. The smallest absolute Gasteiger partial charge is 0.408 e. The minimum absolute atomic E-state index is 0.0686. The van der Waals surface area contributed by atoms with Crippen LogP contribution in [0.15, 0.2) is 24.3 Å². The second-order valence-corrected chi connectivity index (χ2v) is 8.47. The van der Waals surface area contributed by atoms with Gasteiger partial charge in [-0.05, 0) is 61.0 Å². The molecule has 0 spiro atoms. The predicted molar refractivity (Wildman–Crippen MR) is 113 cm³/mol. The monoisotopic (exact) mass is 405 g/mol. The van der Waals surface area contributed by atoms with Gasteiger partial charge in [0.15, 0.2) is 0 Å². The van der Waals surface area contributed by atoms with Crippen molar-refractivity contribution in [3.63, 3.8) is 0 Å². The third-order valence-corrected chi connectivity index (χ3v) is 4.08. The summed E-state index contributed by atoms with van der Waals surface area (Å²) in [6, 6.07) is 5.82. The first-order valence-electron chi connectivity index (χ1n) is 10.0. The van der Waals surface area contributed by atoms with Crippen molar-refractivity contribution in [3.05, 3.63) is 35.4 Å². The van der Waals surface area contributed by atoms with E-state index >= 15 is 0 Å². The van der Waals surface area contributed by atoms with Gasteiger partial charge in [-0.1, -0.05) is 29.8 Å². The SMILES string of the molecule is CCN(C(=O)C(C)NC(=O)OC(C)(C)C)C(C(=O)NC(C)C)c1cccc(C)c1. The highest BCUT2D eigenvalue weighted by atomic mass is 16.6. The van der Waals surface area contributed by atoms with Crippen LogP contribution < -0.4 is 10.6 Å². The molecule has 0 aliphatic rings. The van der Waals surface area contributed by atoms with E-state index in [1.807, 2.05) is 52.0 Å². The van der Waals surface area contributed by atoms with E-state index in [0.29, 0.717) is 6.54 Å². The second-order valence-electron chi connectivity index (χ2n) is 8.47. The van der Waals surface area contributed by atoms with E-state index in [2.05, 4.69) is 10.6 Å². The average Bonchev–Trinajstić information content (AvgIpc) is 2.56. The Kier molecular flexibility index (Phi) is 8.67. The van der Waals surface area contributed by atoms with Gasteiger partial charge in [0.05, 0.1) is 0 Å². The van der Waals surface area contributed by atoms with E-state index < -0.39 is 23.8 Å². The topological polar surface area (TPSA) is 87.7 Å². The molecule has 0 aliphatic heterocycles. The Morgan fingerprint density at radius 2 is 1.72 bits per heavy atom. The Hall–Kier alpha value is -2.57. The zero-order chi connectivity index (χ0) is 22.4. The van der Waals surface area contributed by atoms with Gasteiger partial charge in [-0.2, -0.15) is 0 Å². The number of benzene rings is 1. The number of ether oxygens (including phenoxy) is 1. The van der Waals surface area contributed by atoms with E-state index in [9.17, 15) is 14.4 Å². The fourth-order valence-corrected chi connectivity index (χ4v) is 2.94. The highest BCUT2D eigenvalue weighted by Gasteiger charge is 2.34. The number of nitrogens with one attached hydrogen (secondary N) is 2. The van der Waals surface area contributed by atoms with Crippen molar-refractivity contribution >= 4 is 17.9 Å². The Morgan fingerprint density at radius 1 is 1.10 bits per heavy atom. The number of amides is 3. The minimum Gasteiger partial charge on any atom is -0.444 e. The fraction of sp³-hybridized carbons (Fsp3) is 0.591. The Labute approximate surface area is 174 Å². The minimum atomic E-state index is -0.844. The third kappa shape index (κ3) is 7.75. The second kappa shape index (κ2) is 10.3. The zero-order valence-electron chi connectivity index (χ0n) is 18.8. The first kappa shape index (κ1) is 24.5. The number of hydrogen-bond donors (Lipinski definition) is 2. The van der Waals surface area contributed by atoms with Crippen LogP contribution in [0.4, 0.5) is 4.79 Å². The lowest BCUT2D eigenvalue weighted by molar-refractivity contribution is -0.142. The van der Waals surface area contributed by atoms with Crippen molar-refractivity contribution in [1.82, 2.24) is 15.5 Å². The normalized spacial score (nSPS) is 13.4. The highest BCUT2D eigenvalue weighted by molar-refractivity contribution is 5.92. The molecule has 0 fully saturated rings. The van der Waals surface area contributed by atoms with Crippen LogP contribution in [-0.2, 0) is 14.3 Å². The molecule has 2 N–H and O–H groups in total. The van der Waals surface area contributed by atoms with Crippen LogP contribution in [0.25, 0.3) is 0 Å². The number of likely N-dealkylation sites (N-methyl/N-ethyl adjacent to an activating group) is 1. The van der Waals surface area contributed by atoms with Crippen LogP contribution in [0.5, 0.6) is 0 Å². The van der Waals surface area contributed by atoms with Crippen molar-refractivity contribution in [3.8, 4) is 0 Å². The largest absolute Gasteiger partial charge is 0.444 e. The standard InChI is InChI=1S/C22H35N3O4/c1-9-25(20(27)16(5)24-21(28)29-22(6,7)8)18(19(26)23-14(2)3)17-12-10-11-15(4)13-17/h10-14,16,18H,9H2,1-8H3,(H,23,26)(H,24,28). The molecule has 3 amide bonds. The summed E-state index contributed by atoms with van der Waals surface area (Å²) >= 11 is 0. The number of nitrogens with zero attached hydrogens (tertiary/aromatic N) is 1. The Morgan fingerprint density at radius 3 is 2.21 bits per heavy atom. The molecule has 0 aliphatic carbocycles. The molecule has 0 saturated heterocycles. The number of alkyl carbamates (subject to hydrolysis) is 1. The zero-order valence-corrected chi connectivity index (χ0v) is 18.8. The summed E-state index contributed by atoms with van der Waals surface area (Å²) in [4.78, 5) is 39.7. The van der Waals surface area contributed by atoms with Gasteiger partial charge in [0.1, 0.15) is 17.7 Å². The van der Waals surface area contributed by atoms with Crippen molar-refractivity contribution in [2.24, 2.45) is 0 Å². The fourth-order valence-electron chi connectivity index (χ4n) is 2.94. The first-order valence-corrected chi connectivity index (χ1v) is 10.0. The summed E-state index contributed by atoms with van der Waals surface area (Å²) in [5, 5.41) is 5.46. The highest BCUT2D eigenvalue weighted by Crippen LogP contribution is 2.23. The molecule has 162 valence electrons. The van der Waals surface area contributed by atoms with Crippen molar-refractivity contribution < 1.29 is 19.1 Å². The van der Waals surface area contributed by atoms with Crippen LogP contribution in [0.1, 0.15) is 65.6 Å². The lowest BCUT2D eigenvalue weighted by Gasteiger charge is -2.33. The summed E-state index contributed by atoms with van der Waals surface area (Å²) in [6.45, 7) is 14.6. The number of carbonyl (C=O) groups excluding carboxylic acids is 3. The van der Waals surface area contributed by atoms with Gasteiger partial charge in [0, 0.05) is 12.6 Å². The van der Waals surface area contributed by atoms with E-state index in [1.54, 1.807) is 27.7 Å². The molecule has 0 saturated carbocycles. The molecule has 1 aromatic rings. The van der Waals surface area contributed by atoms with Crippen LogP contribution in [0.2, 0.25) is 0 Å². The molecular formula is C22H35N3O4. The summed E-state index contributed by atoms with van der Waals surface area (Å²) in [6.07, 6.45) is -0.673. The molecule has 7 heteroatoms. The Balaban J connectivity index is 3.14. The van der Waals surface area contributed by atoms with Crippen molar-refractivity contribution in [2.45, 2.75) is 79.1 Å². The Bertz CT molecular complexity index is 725. The molecular weight excluding hydrogens is 370 g/mol. The van der Waals surface area contributed by atoms with Gasteiger partial charge < -0.3 is 20.3 Å². The number of aryl methyl sites for hydroxylation is 1. The van der Waals surface area contributed by atoms with E-state index in [-0.39, 0.29) is 17.9 Å². The van der Waals surface area contributed by atoms with Gasteiger partial charge in [-0.3, -0.25) is 9.59 Å². The molecule has 0 aromatic heterocycles. The molecule has 0 bridgehead atoms. The number of hydrogen-bond acceptors (Lipinski definition) is 4. The van der Waals surface area contributed by atoms with Gasteiger partial charge in [-0.25, -0.2) is 4.79 Å². The molecule has 1 rings (SSSR count). The average molecular weight is 406 g/mol. The molecule has 0 radical (unpaired) electrons. The van der Waals surface area contributed by atoms with Crippen LogP contribution in [0.3, 0.4) is 0 Å². The van der Waals surface area contributed by atoms with E-state index in [1.165, 1.54) is 4.90 Å². The predicted octanol–water partition coefficient (Wildman–Crippen LogP) is 3.32. The van der Waals surface area contributed by atoms with Crippen molar-refractivity contribution in [1.29, 1.82) is 0 Å². The maximum Gasteiger partial charge on any atom is 0.408 e. The number of carbonyl (C=O) groups is 3. The van der Waals surface area contributed by atoms with Gasteiger partial charge >= 0.3 is 6.09 Å². The van der Waals surface area contributed by atoms with Crippen LogP contribution in [-0.4, -0.2) is 47.0 Å². The van der Waals surface area contributed by atoms with Crippen molar-refractivity contribution in [2.75, 3.05) is 6.54 Å². The lowest BCUT2D eigenvalue weighted by Crippen LogP contribution is -2.52. The van der Waals surface area contributed by atoms with Gasteiger partial charge in [-0.15, -0.1) is 0 Å².